The standard InChI is InChI=1S/2C11H17.2ClH.Hf/c2*1-4-5-6-11-7-9(2)10(3)8-11;;;/h2*7-8H,4-6H2,1-3H3;2*1H;/q;;;;+2/p-2. The molecule has 0 heterocycles. The number of halogens is 2. The van der Waals surface area contributed by atoms with E-state index in [0.717, 1.165) is 0 Å². The van der Waals surface area contributed by atoms with Gasteiger partial charge in [-0.2, -0.15) is 0 Å². The summed E-state index contributed by atoms with van der Waals surface area (Å²) >= 11 is -0.934. The van der Waals surface area contributed by atoms with Gasteiger partial charge in [0.25, 0.3) is 0 Å². The molecule has 3 heteroatoms. The number of unbranched alkanes of at least 4 members (excludes halogenated alkanes) is 2. The quantitative estimate of drug-likeness (QED) is 0.405. The molecule has 0 nitrogen and oxygen atoms in total. The summed E-state index contributed by atoms with van der Waals surface area (Å²) in [6.07, 6.45) is 18.1. The van der Waals surface area contributed by atoms with Crippen LogP contribution in [0, 0.1) is 0 Å². The van der Waals surface area contributed by atoms with Crippen molar-refractivity contribution in [2.24, 2.45) is 0 Å². The van der Waals surface area contributed by atoms with E-state index in [4.69, 9.17) is 0 Å². The van der Waals surface area contributed by atoms with Crippen LogP contribution in [0.5, 0.6) is 0 Å². The van der Waals surface area contributed by atoms with Crippen LogP contribution >= 0.6 is 0 Å². The first-order valence-corrected chi connectivity index (χ1v) is 13.0. The summed E-state index contributed by atoms with van der Waals surface area (Å²) < 4.78 is 0.841. The first-order chi connectivity index (χ1) is 10.8. The van der Waals surface area contributed by atoms with Crippen LogP contribution in [0.3, 0.4) is 0 Å². The Morgan fingerprint density at radius 1 is 0.760 bits per heavy atom. The minimum Gasteiger partial charge on any atom is -1.00 e. The molecule has 0 amide bonds. The zero-order chi connectivity index (χ0) is 17.1. The van der Waals surface area contributed by atoms with Crippen LogP contribution in [-0.2, 0) is 22.9 Å². The van der Waals surface area contributed by atoms with Crippen molar-refractivity contribution in [3.63, 3.8) is 0 Å². The minimum absolute atomic E-state index is 0. The fraction of sp³-hybridized carbons (Fsp3) is 0.636. The molecule has 0 radical (unpaired) electrons. The van der Waals surface area contributed by atoms with Crippen molar-refractivity contribution in [1.82, 2.24) is 0 Å². The summed E-state index contributed by atoms with van der Waals surface area (Å²) in [4.78, 5) is 0. The van der Waals surface area contributed by atoms with Crippen LogP contribution in [0.4, 0.5) is 0 Å². The summed E-state index contributed by atoms with van der Waals surface area (Å²) in [7, 11) is 0. The molecule has 2 unspecified atom stereocenters. The molecule has 2 atom stereocenters. The maximum absolute atomic E-state index is 2.65. The van der Waals surface area contributed by atoms with E-state index in [0.29, 0.717) is 6.34 Å². The molecule has 0 N–H and O–H groups in total. The monoisotopic (exact) mass is 548 g/mol. The van der Waals surface area contributed by atoms with Gasteiger partial charge in [-0.15, -0.1) is 0 Å². The Morgan fingerprint density at radius 3 is 1.44 bits per heavy atom. The average Bonchev–Trinajstić information content (AvgIpc) is 2.91. The Kier molecular flexibility index (Phi) is 10.8. The van der Waals surface area contributed by atoms with E-state index in [1.807, 2.05) is 0 Å². The minimum atomic E-state index is -0.934. The van der Waals surface area contributed by atoms with Gasteiger partial charge in [-0.25, -0.2) is 0 Å². The van der Waals surface area contributed by atoms with E-state index in [1.165, 1.54) is 38.5 Å². The van der Waals surface area contributed by atoms with Gasteiger partial charge in [0.15, 0.2) is 0 Å². The van der Waals surface area contributed by atoms with Gasteiger partial charge in [-0.05, 0) is 0 Å². The maximum Gasteiger partial charge on any atom is -1.00 e. The van der Waals surface area contributed by atoms with E-state index < -0.39 is 22.9 Å². The Hall–Kier alpha value is 0.410. The van der Waals surface area contributed by atoms with Crippen LogP contribution in [0.1, 0.15) is 80.1 Å². The number of allylic oxidation sites excluding steroid dienone is 8. The molecule has 0 spiro atoms. The molecule has 0 aromatic rings. The SMILES string of the molecule is CCCCC1=C[C](C)([Hf+2][C]2(C)C=C(CCCC)C=C2C)C(C)=C1.[Cl-].[Cl-]. The second-order valence-electron chi connectivity index (χ2n) is 7.83. The second-order valence-corrected chi connectivity index (χ2v) is 16.2. The Morgan fingerprint density at radius 2 is 1.12 bits per heavy atom. The largest absolute Gasteiger partial charge is 1.00 e. The van der Waals surface area contributed by atoms with Crippen LogP contribution in [0.15, 0.2) is 46.6 Å². The first kappa shape index (κ1) is 25.4. The molecule has 2 rings (SSSR count). The first-order valence-electron chi connectivity index (χ1n) is 9.43. The number of hydrogen-bond acceptors (Lipinski definition) is 0. The molecule has 0 bridgehead atoms. The van der Waals surface area contributed by atoms with Gasteiger partial charge in [-0.1, -0.05) is 0 Å². The van der Waals surface area contributed by atoms with Gasteiger partial charge in [0, 0.05) is 0 Å². The van der Waals surface area contributed by atoms with Crippen molar-refractivity contribution in [3.05, 3.63) is 46.6 Å². The third-order valence-corrected chi connectivity index (χ3v) is 13.1. The molecular weight excluding hydrogens is 514 g/mol. The molecule has 0 aromatic carbocycles. The van der Waals surface area contributed by atoms with Crippen molar-refractivity contribution in [3.8, 4) is 0 Å². The summed E-state index contributed by atoms with van der Waals surface area (Å²) in [5.41, 5.74) is 6.49. The van der Waals surface area contributed by atoms with Gasteiger partial charge >= 0.3 is 156 Å². The fourth-order valence-electron chi connectivity index (χ4n) is 3.77. The van der Waals surface area contributed by atoms with E-state index in [9.17, 15) is 0 Å². The molecule has 0 aromatic heterocycles. The van der Waals surface area contributed by atoms with Gasteiger partial charge in [-0.3, -0.25) is 0 Å². The molecule has 2 aliphatic rings. The van der Waals surface area contributed by atoms with Crippen LogP contribution in [0.2, 0.25) is 6.34 Å². The van der Waals surface area contributed by atoms with Crippen molar-refractivity contribution in [1.29, 1.82) is 0 Å². The zero-order valence-corrected chi connectivity index (χ0v) is 21.9. The van der Waals surface area contributed by atoms with Crippen molar-refractivity contribution < 1.29 is 47.7 Å². The van der Waals surface area contributed by atoms with Crippen molar-refractivity contribution in [2.75, 3.05) is 0 Å². The van der Waals surface area contributed by atoms with Crippen LogP contribution in [-0.4, -0.2) is 0 Å². The van der Waals surface area contributed by atoms with Crippen LogP contribution < -0.4 is 24.8 Å². The molecule has 140 valence electrons. The summed E-state index contributed by atoms with van der Waals surface area (Å²) in [6, 6.07) is 0. The van der Waals surface area contributed by atoms with Crippen molar-refractivity contribution in [2.45, 2.75) is 86.4 Å². The van der Waals surface area contributed by atoms with Crippen molar-refractivity contribution >= 4 is 0 Å². The number of hydrogen-bond donors (Lipinski definition) is 0. The van der Waals surface area contributed by atoms with E-state index in [1.54, 1.807) is 22.3 Å². The van der Waals surface area contributed by atoms with Gasteiger partial charge < -0.3 is 24.8 Å². The molecule has 2 aliphatic carbocycles. The normalized spacial score (nSPS) is 27.4. The fourth-order valence-corrected chi connectivity index (χ4v) is 11.4. The second kappa shape index (κ2) is 10.7. The Labute approximate surface area is 179 Å². The van der Waals surface area contributed by atoms with E-state index >= 15 is 0 Å². The van der Waals surface area contributed by atoms with Gasteiger partial charge in [0.1, 0.15) is 0 Å². The smallest absolute Gasteiger partial charge is 1.00 e. The molecule has 0 aliphatic heterocycles. The summed E-state index contributed by atoms with van der Waals surface area (Å²) in [6.45, 7) is 14.4. The predicted octanol–water partition coefficient (Wildman–Crippen LogP) is 1.59. The topological polar surface area (TPSA) is 0 Å². The Bertz CT molecular complexity index is 521. The number of rotatable bonds is 8. The summed E-state index contributed by atoms with van der Waals surface area (Å²) in [5, 5.41) is 0. The molecule has 0 saturated heterocycles. The van der Waals surface area contributed by atoms with E-state index in [-0.39, 0.29) is 24.8 Å². The molecule has 0 fully saturated rings. The zero-order valence-electron chi connectivity index (χ0n) is 16.8. The maximum atomic E-state index is 2.65. The van der Waals surface area contributed by atoms with E-state index in [2.05, 4.69) is 65.8 Å². The third-order valence-electron chi connectivity index (χ3n) is 5.55. The third kappa shape index (κ3) is 6.22. The average molecular weight is 548 g/mol. The van der Waals surface area contributed by atoms with Crippen LogP contribution in [0.25, 0.3) is 0 Å². The molecule has 0 saturated carbocycles. The molecule has 25 heavy (non-hydrogen) atoms. The van der Waals surface area contributed by atoms with Gasteiger partial charge in [0.05, 0.1) is 0 Å². The Balaban J connectivity index is 0.00000288. The molecular formula is C22H34Cl2Hf. The summed E-state index contributed by atoms with van der Waals surface area (Å²) in [5.74, 6) is 0. The predicted molar refractivity (Wildman–Crippen MR) is 99.5 cm³/mol. The van der Waals surface area contributed by atoms with Gasteiger partial charge in [0.2, 0.25) is 0 Å².